The fraction of sp³-hybridized carbons (Fsp3) is 0.444. The third-order valence-corrected chi connectivity index (χ3v) is 2.09. The first kappa shape index (κ1) is 10.6. The van der Waals surface area contributed by atoms with Crippen LogP contribution in [-0.4, -0.2) is 21.0 Å². The molecule has 0 bridgehead atoms. The molecule has 1 N–H and O–H groups in total. The fourth-order valence-electron chi connectivity index (χ4n) is 0.995. The number of aryl methyl sites for hydroxylation is 1. The van der Waals surface area contributed by atoms with Crippen molar-refractivity contribution in [2.24, 2.45) is 0 Å². The van der Waals surface area contributed by atoms with Crippen molar-refractivity contribution in [3.63, 3.8) is 0 Å². The number of carbonyl (C=O) groups is 1. The van der Waals surface area contributed by atoms with Gasteiger partial charge in [-0.25, -0.2) is 14.4 Å². The zero-order valence-electron chi connectivity index (χ0n) is 8.21. The van der Waals surface area contributed by atoms with Gasteiger partial charge in [-0.15, -0.1) is 0 Å². The first-order valence-electron chi connectivity index (χ1n) is 4.08. The lowest BCUT2D eigenvalue weighted by atomic mass is 9.88. The summed E-state index contributed by atoms with van der Waals surface area (Å²) in [6.45, 7) is 4.28. The molecule has 1 rings (SSSR count). The summed E-state index contributed by atoms with van der Waals surface area (Å²) in [5.74, 6) is -1.77. The lowest BCUT2D eigenvalue weighted by molar-refractivity contribution is -0.142. The standard InChI is InChI=1S/C9H11FN2O2/c1-5-6(10)7(12-4-11-5)9(2,3)8(13)14/h4H,1-3H3,(H,13,14). The molecule has 14 heavy (non-hydrogen) atoms. The van der Waals surface area contributed by atoms with Crippen LogP contribution in [0.3, 0.4) is 0 Å². The molecule has 4 nitrogen and oxygen atoms in total. The highest BCUT2D eigenvalue weighted by Crippen LogP contribution is 2.24. The molecular formula is C9H11FN2O2. The van der Waals surface area contributed by atoms with Crippen LogP contribution in [0.4, 0.5) is 4.39 Å². The molecule has 1 aromatic rings. The normalized spacial score (nSPS) is 11.4. The first-order valence-corrected chi connectivity index (χ1v) is 4.08. The van der Waals surface area contributed by atoms with Crippen LogP contribution in [0.5, 0.6) is 0 Å². The highest BCUT2D eigenvalue weighted by molar-refractivity contribution is 5.79. The first-order chi connectivity index (χ1) is 6.37. The van der Waals surface area contributed by atoms with E-state index in [1.807, 2.05) is 0 Å². The smallest absolute Gasteiger partial charge is 0.315 e. The van der Waals surface area contributed by atoms with Gasteiger partial charge in [0.1, 0.15) is 11.7 Å². The fourth-order valence-corrected chi connectivity index (χ4v) is 0.995. The molecule has 1 aromatic heterocycles. The number of carboxylic acids is 1. The number of aromatic nitrogens is 2. The molecule has 0 aliphatic heterocycles. The molecule has 0 fully saturated rings. The van der Waals surface area contributed by atoms with Crippen LogP contribution in [0, 0.1) is 12.7 Å². The molecule has 1 heterocycles. The number of carboxylic acid groups (broad SMARTS) is 1. The van der Waals surface area contributed by atoms with Crippen molar-refractivity contribution in [3.05, 3.63) is 23.5 Å². The summed E-state index contributed by atoms with van der Waals surface area (Å²) in [5.41, 5.74) is -1.26. The van der Waals surface area contributed by atoms with E-state index in [-0.39, 0.29) is 11.4 Å². The summed E-state index contributed by atoms with van der Waals surface area (Å²) >= 11 is 0. The van der Waals surface area contributed by atoms with Gasteiger partial charge in [-0.05, 0) is 20.8 Å². The Kier molecular flexibility index (Phi) is 2.51. The van der Waals surface area contributed by atoms with E-state index in [1.165, 1.54) is 27.1 Å². The molecular weight excluding hydrogens is 187 g/mol. The van der Waals surface area contributed by atoms with E-state index >= 15 is 0 Å². The third kappa shape index (κ3) is 1.57. The Morgan fingerprint density at radius 2 is 2.07 bits per heavy atom. The number of rotatable bonds is 2. The monoisotopic (exact) mass is 198 g/mol. The summed E-state index contributed by atoms with van der Waals surface area (Å²) in [4.78, 5) is 18.2. The van der Waals surface area contributed by atoms with Crippen LogP contribution in [0.25, 0.3) is 0 Å². The SMILES string of the molecule is Cc1ncnc(C(C)(C)C(=O)O)c1F. The Bertz CT molecular complexity index is 377. The molecule has 0 amide bonds. The van der Waals surface area contributed by atoms with Crippen molar-refractivity contribution < 1.29 is 14.3 Å². The number of aliphatic carboxylic acids is 1. The van der Waals surface area contributed by atoms with Crippen molar-refractivity contribution in [2.75, 3.05) is 0 Å². The molecule has 0 unspecified atom stereocenters. The topological polar surface area (TPSA) is 63.1 Å². The van der Waals surface area contributed by atoms with Gasteiger partial charge in [0.2, 0.25) is 0 Å². The Morgan fingerprint density at radius 3 is 2.57 bits per heavy atom. The zero-order chi connectivity index (χ0) is 10.9. The molecule has 0 atom stereocenters. The summed E-state index contributed by atoms with van der Waals surface area (Å²) in [7, 11) is 0. The van der Waals surface area contributed by atoms with Crippen molar-refractivity contribution >= 4 is 5.97 Å². The second-order valence-electron chi connectivity index (χ2n) is 3.55. The van der Waals surface area contributed by atoms with Crippen LogP contribution in [-0.2, 0) is 10.2 Å². The maximum absolute atomic E-state index is 13.5. The van der Waals surface area contributed by atoms with Crippen LogP contribution in [0.2, 0.25) is 0 Å². The minimum absolute atomic E-state index is 0.0856. The Balaban J connectivity index is 3.33. The number of halogens is 1. The highest BCUT2D eigenvalue weighted by Gasteiger charge is 2.34. The Hall–Kier alpha value is -1.52. The van der Waals surface area contributed by atoms with Crippen LogP contribution < -0.4 is 0 Å². The van der Waals surface area contributed by atoms with Crippen molar-refractivity contribution in [1.82, 2.24) is 9.97 Å². The van der Waals surface area contributed by atoms with Gasteiger partial charge >= 0.3 is 5.97 Å². The second kappa shape index (κ2) is 3.32. The summed E-state index contributed by atoms with van der Waals surface area (Å²) < 4.78 is 13.5. The van der Waals surface area contributed by atoms with E-state index in [0.717, 1.165) is 0 Å². The maximum atomic E-state index is 13.5. The van der Waals surface area contributed by atoms with E-state index in [4.69, 9.17) is 5.11 Å². The summed E-state index contributed by atoms with van der Waals surface area (Å²) in [6, 6.07) is 0. The Labute approximate surface area is 80.8 Å². The molecule has 0 saturated heterocycles. The van der Waals surface area contributed by atoms with Gasteiger partial charge in [-0.1, -0.05) is 0 Å². The van der Waals surface area contributed by atoms with Crippen LogP contribution in [0.1, 0.15) is 25.2 Å². The average molecular weight is 198 g/mol. The second-order valence-corrected chi connectivity index (χ2v) is 3.55. The number of hydrogen-bond acceptors (Lipinski definition) is 3. The van der Waals surface area contributed by atoms with Crippen LogP contribution in [0.15, 0.2) is 6.33 Å². The molecule has 0 spiro atoms. The highest BCUT2D eigenvalue weighted by atomic mass is 19.1. The molecule has 5 heteroatoms. The van der Waals surface area contributed by atoms with Gasteiger partial charge < -0.3 is 5.11 Å². The molecule has 76 valence electrons. The zero-order valence-corrected chi connectivity index (χ0v) is 8.21. The van der Waals surface area contributed by atoms with Crippen molar-refractivity contribution in [3.8, 4) is 0 Å². The van der Waals surface area contributed by atoms with Gasteiger partial charge in [0.25, 0.3) is 0 Å². The molecule has 0 saturated carbocycles. The minimum atomic E-state index is -1.34. The lowest BCUT2D eigenvalue weighted by Gasteiger charge is -2.18. The van der Waals surface area contributed by atoms with Gasteiger partial charge in [0, 0.05) is 0 Å². The number of hydrogen-bond donors (Lipinski definition) is 1. The van der Waals surface area contributed by atoms with Crippen molar-refractivity contribution in [1.29, 1.82) is 0 Å². The molecule has 0 radical (unpaired) electrons. The maximum Gasteiger partial charge on any atom is 0.315 e. The van der Waals surface area contributed by atoms with E-state index in [1.54, 1.807) is 0 Å². The quantitative estimate of drug-likeness (QED) is 0.777. The van der Waals surface area contributed by atoms with Crippen molar-refractivity contribution in [2.45, 2.75) is 26.2 Å². The largest absolute Gasteiger partial charge is 0.481 e. The van der Waals surface area contributed by atoms with Gasteiger partial charge in [0.15, 0.2) is 5.82 Å². The number of nitrogens with zero attached hydrogens (tertiary/aromatic N) is 2. The summed E-state index contributed by atoms with van der Waals surface area (Å²) in [5, 5.41) is 8.88. The molecule has 0 aromatic carbocycles. The molecule has 0 aliphatic carbocycles. The summed E-state index contributed by atoms with van der Waals surface area (Å²) in [6.07, 6.45) is 1.17. The van der Waals surface area contributed by atoms with E-state index in [9.17, 15) is 9.18 Å². The van der Waals surface area contributed by atoms with E-state index in [0.29, 0.717) is 0 Å². The van der Waals surface area contributed by atoms with Crippen LogP contribution >= 0.6 is 0 Å². The Morgan fingerprint density at radius 1 is 1.50 bits per heavy atom. The molecule has 0 aliphatic rings. The minimum Gasteiger partial charge on any atom is -0.481 e. The van der Waals surface area contributed by atoms with Gasteiger partial charge in [-0.2, -0.15) is 0 Å². The van der Waals surface area contributed by atoms with Gasteiger partial charge in [-0.3, -0.25) is 4.79 Å². The predicted molar refractivity (Wildman–Crippen MR) is 47.4 cm³/mol. The van der Waals surface area contributed by atoms with Gasteiger partial charge in [0.05, 0.1) is 11.4 Å². The average Bonchev–Trinajstić information content (AvgIpc) is 2.09. The van der Waals surface area contributed by atoms with E-state index < -0.39 is 17.2 Å². The predicted octanol–water partition coefficient (Wildman–Crippen LogP) is 1.29. The van der Waals surface area contributed by atoms with E-state index in [2.05, 4.69) is 9.97 Å². The lowest BCUT2D eigenvalue weighted by Crippen LogP contribution is -2.31. The third-order valence-electron chi connectivity index (χ3n) is 2.09.